The first-order valence-corrected chi connectivity index (χ1v) is 5.70. The normalized spacial score (nSPS) is 23.1. The number of rotatable bonds is 2. The van der Waals surface area contributed by atoms with E-state index < -0.39 is 12.3 Å². The van der Waals surface area contributed by atoms with Crippen LogP contribution in [0.15, 0.2) is 0 Å². The molecule has 2 nitrogen and oxygen atoms in total. The van der Waals surface area contributed by atoms with Crippen LogP contribution >= 0.6 is 11.8 Å². The van der Waals surface area contributed by atoms with Gasteiger partial charge >= 0.3 is 6.18 Å². The van der Waals surface area contributed by atoms with E-state index in [2.05, 4.69) is 0 Å². The average molecular weight is 229 g/mol. The van der Waals surface area contributed by atoms with E-state index in [-0.39, 0.29) is 6.54 Å². The van der Waals surface area contributed by atoms with Crippen molar-refractivity contribution in [1.82, 2.24) is 4.90 Å². The lowest BCUT2D eigenvalue weighted by Crippen LogP contribution is -2.41. The minimum Gasteiger partial charge on any atom is -0.382 e. The van der Waals surface area contributed by atoms with E-state index in [0.717, 1.165) is 17.9 Å². The molecule has 1 N–H and O–H groups in total. The van der Waals surface area contributed by atoms with Crippen LogP contribution in [0.1, 0.15) is 6.42 Å². The zero-order valence-electron chi connectivity index (χ0n) is 7.76. The van der Waals surface area contributed by atoms with Crippen LogP contribution in [-0.2, 0) is 0 Å². The summed E-state index contributed by atoms with van der Waals surface area (Å²) in [4.78, 5) is 1.68. The van der Waals surface area contributed by atoms with Crippen LogP contribution in [0.4, 0.5) is 13.2 Å². The SMILES string of the molecule is OC(CN1CCCSCC1)C(F)(F)F. The van der Waals surface area contributed by atoms with Crippen molar-refractivity contribution in [2.24, 2.45) is 0 Å². The summed E-state index contributed by atoms with van der Waals surface area (Å²) in [6.45, 7) is 1.00. The second-order valence-corrected chi connectivity index (χ2v) is 4.55. The van der Waals surface area contributed by atoms with Gasteiger partial charge in [-0.3, -0.25) is 4.90 Å². The maximum atomic E-state index is 12.0. The Morgan fingerprint density at radius 1 is 1.29 bits per heavy atom. The van der Waals surface area contributed by atoms with E-state index in [1.54, 1.807) is 16.7 Å². The molecule has 0 aliphatic carbocycles. The molecule has 1 atom stereocenters. The monoisotopic (exact) mass is 229 g/mol. The van der Waals surface area contributed by atoms with E-state index in [1.807, 2.05) is 0 Å². The number of hydrogen-bond acceptors (Lipinski definition) is 3. The third kappa shape index (κ3) is 4.06. The second kappa shape index (κ2) is 5.23. The predicted octanol–water partition coefficient (Wildman–Crippen LogP) is 1.35. The molecular formula is C8H14F3NOS. The van der Waals surface area contributed by atoms with Crippen LogP contribution < -0.4 is 0 Å². The van der Waals surface area contributed by atoms with Crippen molar-refractivity contribution in [2.45, 2.75) is 18.7 Å². The highest BCUT2D eigenvalue weighted by atomic mass is 32.2. The van der Waals surface area contributed by atoms with Crippen LogP contribution in [0.2, 0.25) is 0 Å². The summed E-state index contributed by atoms with van der Waals surface area (Å²) in [6.07, 6.45) is -5.79. The van der Waals surface area contributed by atoms with E-state index in [9.17, 15) is 13.2 Å². The maximum Gasteiger partial charge on any atom is 0.415 e. The van der Waals surface area contributed by atoms with Gasteiger partial charge in [-0.05, 0) is 18.7 Å². The molecular weight excluding hydrogens is 215 g/mol. The van der Waals surface area contributed by atoms with Gasteiger partial charge in [0.1, 0.15) is 0 Å². The first kappa shape index (κ1) is 12.1. The summed E-state index contributed by atoms with van der Waals surface area (Å²) in [5.74, 6) is 1.85. The van der Waals surface area contributed by atoms with Crippen molar-refractivity contribution in [1.29, 1.82) is 0 Å². The molecule has 1 rings (SSSR count). The third-order valence-corrected chi connectivity index (χ3v) is 3.17. The fourth-order valence-corrected chi connectivity index (χ4v) is 2.25. The molecule has 0 aromatic rings. The highest BCUT2D eigenvalue weighted by Crippen LogP contribution is 2.21. The summed E-state index contributed by atoms with van der Waals surface area (Å²) >= 11 is 1.75. The quantitative estimate of drug-likeness (QED) is 0.773. The largest absolute Gasteiger partial charge is 0.415 e. The van der Waals surface area contributed by atoms with Gasteiger partial charge in [0, 0.05) is 18.8 Å². The van der Waals surface area contributed by atoms with Crippen LogP contribution in [0.3, 0.4) is 0 Å². The van der Waals surface area contributed by atoms with Crippen LogP contribution in [-0.4, -0.2) is 53.4 Å². The number of aliphatic hydroxyl groups is 1. The Morgan fingerprint density at radius 2 is 2.00 bits per heavy atom. The van der Waals surface area contributed by atoms with Crippen molar-refractivity contribution in [2.75, 3.05) is 31.1 Å². The van der Waals surface area contributed by atoms with Crippen molar-refractivity contribution in [3.8, 4) is 0 Å². The maximum absolute atomic E-state index is 12.0. The number of thioether (sulfide) groups is 1. The van der Waals surface area contributed by atoms with E-state index in [4.69, 9.17) is 5.11 Å². The van der Waals surface area contributed by atoms with Gasteiger partial charge in [-0.25, -0.2) is 0 Å². The van der Waals surface area contributed by atoms with Gasteiger partial charge in [0.2, 0.25) is 0 Å². The Morgan fingerprint density at radius 3 is 2.64 bits per heavy atom. The second-order valence-electron chi connectivity index (χ2n) is 3.32. The molecule has 0 radical (unpaired) electrons. The lowest BCUT2D eigenvalue weighted by atomic mass is 10.3. The molecule has 0 bridgehead atoms. The summed E-state index contributed by atoms with van der Waals surface area (Å²) < 4.78 is 36.1. The summed E-state index contributed by atoms with van der Waals surface area (Å²) in [6, 6.07) is 0. The molecule has 6 heteroatoms. The Balaban J connectivity index is 2.34. The van der Waals surface area contributed by atoms with Gasteiger partial charge in [-0.1, -0.05) is 0 Å². The average Bonchev–Trinajstić information content (AvgIpc) is 2.31. The topological polar surface area (TPSA) is 23.5 Å². The molecule has 1 unspecified atom stereocenters. The van der Waals surface area contributed by atoms with Gasteiger partial charge in [0.05, 0.1) is 0 Å². The molecule has 0 amide bonds. The lowest BCUT2D eigenvalue weighted by Gasteiger charge is -2.24. The Labute approximate surface area is 85.5 Å². The van der Waals surface area contributed by atoms with E-state index in [1.165, 1.54) is 0 Å². The minimum atomic E-state index is -4.49. The molecule has 0 aromatic carbocycles. The first-order valence-electron chi connectivity index (χ1n) is 4.55. The van der Waals surface area contributed by atoms with Gasteiger partial charge in [-0.15, -0.1) is 0 Å². The van der Waals surface area contributed by atoms with Crippen LogP contribution in [0.5, 0.6) is 0 Å². The molecule has 14 heavy (non-hydrogen) atoms. The van der Waals surface area contributed by atoms with Crippen molar-refractivity contribution in [3.63, 3.8) is 0 Å². The van der Waals surface area contributed by atoms with Crippen LogP contribution in [0.25, 0.3) is 0 Å². The molecule has 0 spiro atoms. The molecule has 1 heterocycles. The number of hydrogen-bond donors (Lipinski definition) is 1. The first-order chi connectivity index (χ1) is 6.50. The number of aliphatic hydroxyl groups excluding tert-OH is 1. The van der Waals surface area contributed by atoms with Crippen molar-refractivity contribution in [3.05, 3.63) is 0 Å². The van der Waals surface area contributed by atoms with E-state index in [0.29, 0.717) is 13.1 Å². The van der Waals surface area contributed by atoms with E-state index >= 15 is 0 Å². The molecule has 0 aromatic heterocycles. The predicted molar refractivity (Wildman–Crippen MR) is 50.4 cm³/mol. The molecule has 1 aliphatic rings. The minimum absolute atomic E-state index is 0.288. The summed E-state index contributed by atoms with van der Waals surface area (Å²) in [7, 11) is 0. The number of halogens is 3. The molecule has 84 valence electrons. The van der Waals surface area contributed by atoms with Gasteiger partial charge in [0.25, 0.3) is 0 Å². The Hall–Kier alpha value is 0.0600. The molecule has 1 aliphatic heterocycles. The summed E-state index contributed by atoms with van der Waals surface area (Å²) in [5.41, 5.74) is 0. The zero-order valence-corrected chi connectivity index (χ0v) is 8.57. The smallest absolute Gasteiger partial charge is 0.382 e. The number of nitrogens with zero attached hydrogens (tertiary/aromatic N) is 1. The Bertz CT molecular complexity index is 168. The highest BCUT2D eigenvalue weighted by molar-refractivity contribution is 7.99. The number of β-amino-alcohol motifs (C(OH)–C–C–N with tert-alkyl or cyclic N) is 1. The fraction of sp³-hybridized carbons (Fsp3) is 1.00. The van der Waals surface area contributed by atoms with Crippen LogP contribution in [0, 0.1) is 0 Å². The van der Waals surface area contributed by atoms with Gasteiger partial charge in [-0.2, -0.15) is 24.9 Å². The van der Waals surface area contributed by atoms with Crippen molar-refractivity contribution >= 4 is 11.8 Å². The van der Waals surface area contributed by atoms with Gasteiger partial charge in [0.15, 0.2) is 6.10 Å². The molecule has 1 saturated heterocycles. The fourth-order valence-electron chi connectivity index (χ4n) is 1.33. The zero-order chi connectivity index (χ0) is 10.6. The van der Waals surface area contributed by atoms with Crippen molar-refractivity contribution < 1.29 is 18.3 Å². The number of alkyl halides is 3. The van der Waals surface area contributed by atoms with Gasteiger partial charge < -0.3 is 5.11 Å². The molecule has 0 saturated carbocycles. The highest BCUT2D eigenvalue weighted by Gasteiger charge is 2.39. The third-order valence-electron chi connectivity index (χ3n) is 2.12. The lowest BCUT2D eigenvalue weighted by molar-refractivity contribution is -0.207. The standard InChI is InChI=1S/C8H14F3NOS/c9-8(10,11)7(13)6-12-2-1-4-14-5-3-12/h7,13H,1-6H2. The Kier molecular flexibility index (Phi) is 4.53. The summed E-state index contributed by atoms with van der Waals surface area (Å²) in [5, 5.41) is 8.86. The molecule has 1 fully saturated rings.